The first-order valence-corrected chi connectivity index (χ1v) is 12.0. The van der Waals surface area contributed by atoms with E-state index in [0.29, 0.717) is 25.0 Å². The summed E-state index contributed by atoms with van der Waals surface area (Å²) in [6, 6.07) is 4.58. The number of hydrogen-bond donors (Lipinski definition) is 0. The molecule has 0 aromatic heterocycles. The summed E-state index contributed by atoms with van der Waals surface area (Å²) in [5.41, 5.74) is -3.81. The van der Waals surface area contributed by atoms with Crippen LogP contribution < -0.4 is 0 Å². The minimum atomic E-state index is -1.46. The van der Waals surface area contributed by atoms with Crippen LogP contribution in [-0.4, -0.2) is 62.8 Å². The van der Waals surface area contributed by atoms with Gasteiger partial charge in [-0.05, 0) is 12.8 Å². The van der Waals surface area contributed by atoms with Crippen molar-refractivity contribution in [2.24, 2.45) is 0 Å². The molecule has 2 fully saturated rings. The number of carbonyl (C=O) groups is 2. The lowest BCUT2D eigenvalue weighted by atomic mass is 9.93. The largest absolute Gasteiger partial charge is 0.456 e. The topological polar surface area (TPSA) is 244 Å². The summed E-state index contributed by atoms with van der Waals surface area (Å²) in [4.78, 5) is 67.0. The van der Waals surface area contributed by atoms with Gasteiger partial charge < -0.3 is 18.9 Å². The molecular formula is C23H20N4O14. The van der Waals surface area contributed by atoms with Crippen molar-refractivity contribution in [1.82, 2.24) is 0 Å². The number of hydrogen-bond acceptors (Lipinski definition) is 14. The van der Waals surface area contributed by atoms with Crippen molar-refractivity contribution in [3.63, 3.8) is 0 Å². The molecule has 18 nitrogen and oxygen atoms in total. The molecule has 0 saturated carbocycles. The third-order valence-electron chi connectivity index (χ3n) is 6.39. The zero-order chi connectivity index (χ0) is 29.9. The Kier molecular flexibility index (Phi) is 8.15. The van der Waals surface area contributed by atoms with Crippen LogP contribution in [0, 0.1) is 40.5 Å². The fourth-order valence-corrected chi connectivity index (χ4v) is 4.46. The zero-order valence-electron chi connectivity index (χ0n) is 20.9. The van der Waals surface area contributed by atoms with Gasteiger partial charge >= 0.3 is 11.9 Å². The lowest BCUT2D eigenvalue weighted by Crippen LogP contribution is -2.57. The molecule has 3 atom stereocenters. The van der Waals surface area contributed by atoms with E-state index < -0.39 is 83.5 Å². The lowest BCUT2D eigenvalue weighted by molar-refractivity contribution is -0.394. The highest BCUT2D eigenvalue weighted by molar-refractivity contribution is 5.92. The van der Waals surface area contributed by atoms with Gasteiger partial charge in [0.2, 0.25) is 5.79 Å². The SMILES string of the molecule is O=C(O[C@@H]1CO[C@]2(CCCCO2)[C@@H](OC(=O)c2cc([N+](=O)[O-])cc([N+](=O)[O-])c2)C1)c1cc([N+](=O)[O-])cc([N+](=O)[O-])c1. The molecule has 18 heteroatoms. The molecule has 0 amide bonds. The lowest BCUT2D eigenvalue weighted by Gasteiger charge is -2.46. The fraction of sp³-hybridized carbons (Fsp3) is 0.391. The maximum absolute atomic E-state index is 13.0. The molecule has 0 bridgehead atoms. The third-order valence-corrected chi connectivity index (χ3v) is 6.39. The average Bonchev–Trinajstić information content (AvgIpc) is 2.94. The molecule has 0 aliphatic carbocycles. The predicted octanol–water partition coefficient (Wildman–Crippen LogP) is 3.39. The fourth-order valence-electron chi connectivity index (χ4n) is 4.46. The average molecular weight is 576 g/mol. The maximum Gasteiger partial charge on any atom is 0.339 e. The summed E-state index contributed by atoms with van der Waals surface area (Å²) in [5, 5.41) is 44.8. The van der Waals surface area contributed by atoms with E-state index in [2.05, 4.69) is 0 Å². The van der Waals surface area contributed by atoms with E-state index in [0.717, 1.165) is 24.3 Å². The minimum absolute atomic E-state index is 0.217. The van der Waals surface area contributed by atoms with Gasteiger partial charge in [0.1, 0.15) is 6.10 Å². The number of nitrogens with zero attached hydrogens (tertiary/aromatic N) is 4. The molecule has 41 heavy (non-hydrogen) atoms. The van der Waals surface area contributed by atoms with Crippen molar-refractivity contribution in [2.75, 3.05) is 13.2 Å². The van der Waals surface area contributed by atoms with Crippen LogP contribution in [0.2, 0.25) is 0 Å². The van der Waals surface area contributed by atoms with E-state index in [1.54, 1.807) is 0 Å². The molecule has 1 spiro atoms. The Hall–Kier alpha value is -5.10. The predicted molar refractivity (Wildman–Crippen MR) is 131 cm³/mol. The zero-order valence-corrected chi connectivity index (χ0v) is 20.9. The summed E-state index contributed by atoms with van der Waals surface area (Å²) in [6.07, 6.45) is -1.04. The van der Waals surface area contributed by atoms with Gasteiger partial charge in [-0.3, -0.25) is 40.5 Å². The molecule has 0 N–H and O–H groups in total. The third kappa shape index (κ3) is 6.39. The van der Waals surface area contributed by atoms with Gasteiger partial charge in [-0.25, -0.2) is 9.59 Å². The number of rotatable bonds is 8. The Morgan fingerprint density at radius 1 is 0.707 bits per heavy atom. The summed E-state index contributed by atoms with van der Waals surface area (Å²) < 4.78 is 22.6. The van der Waals surface area contributed by atoms with Crippen LogP contribution in [0.1, 0.15) is 46.4 Å². The van der Waals surface area contributed by atoms with E-state index in [-0.39, 0.29) is 26.1 Å². The van der Waals surface area contributed by atoms with Crippen molar-refractivity contribution >= 4 is 34.7 Å². The van der Waals surface area contributed by atoms with Crippen LogP contribution in [0.4, 0.5) is 22.7 Å². The molecule has 2 aliphatic rings. The number of esters is 2. The number of nitro groups is 4. The minimum Gasteiger partial charge on any atom is -0.456 e. The second-order valence-electron chi connectivity index (χ2n) is 9.09. The number of carbonyl (C=O) groups excluding carboxylic acids is 2. The molecule has 216 valence electrons. The normalized spacial score (nSPS) is 22.0. The smallest absolute Gasteiger partial charge is 0.339 e. The quantitative estimate of drug-likeness (QED) is 0.248. The molecule has 0 radical (unpaired) electrons. The van der Waals surface area contributed by atoms with Gasteiger partial charge in [0.25, 0.3) is 22.7 Å². The second kappa shape index (κ2) is 11.6. The molecule has 2 heterocycles. The molecule has 2 aromatic carbocycles. The van der Waals surface area contributed by atoms with Gasteiger partial charge in [0.05, 0.1) is 56.2 Å². The first-order chi connectivity index (χ1) is 19.4. The standard InChI is InChI=1S/C23H20N4O14/c28-21(13-5-15(24(30)31)9-16(6-13)25(32)33)40-19-11-20(23(39-12-19)3-1-2-4-38-23)41-22(29)14-7-17(26(34)35)10-18(8-14)27(36)37/h5-10,19-20H,1-4,11-12H2/t19-,20-,23+/m0/s1. The van der Waals surface area contributed by atoms with Crippen LogP contribution in [0.3, 0.4) is 0 Å². The monoisotopic (exact) mass is 576 g/mol. The Morgan fingerprint density at radius 3 is 1.59 bits per heavy atom. The molecule has 2 aromatic rings. The summed E-state index contributed by atoms with van der Waals surface area (Å²) >= 11 is 0. The number of non-ortho nitro benzene ring substituents is 4. The van der Waals surface area contributed by atoms with Crippen molar-refractivity contribution < 1.29 is 48.2 Å². The van der Waals surface area contributed by atoms with Crippen LogP contribution >= 0.6 is 0 Å². The summed E-state index contributed by atoms with van der Waals surface area (Å²) in [5.74, 6) is -3.78. The Balaban J connectivity index is 1.58. The van der Waals surface area contributed by atoms with Gasteiger partial charge in [0.15, 0.2) is 6.10 Å². The first-order valence-electron chi connectivity index (χ1n) is 12.0. The molecular weight excluding hydrogens is 556 g/mol. The second-order valence-corrected chi connectivity index (χ2v) is 9.09. The highest BCUT2D eigenvalue weighted by Crippen LogP contribution is 2.38. The Labute approximate surface area is 228 Å². The van der Waals surface area contributed by atoms with Crippen molar-refractivity contribution in [1.29, 1.82) is 0 Å². The number of nitro benzene ring substituents is 4. The van der Waals surface area contributed by atoms with Crippen molar-refractivity contribution in [3.05, 3.63) is 88.0 Å². The number of benzene rings is 2. The van der Waals surface area contributed by atoms with Crippen LogP contribution in [0.5, 0.6) is 0 Å². The number of ether oxygens (including phenoxy) is 4. The van der Waals surface area contributed by atoms with Crippen LogP contribution in [0.15, 0.2) is 36.4 Å². The summed E-state index contributed by atoms with van der Waals surface area (Å²) in [7, 11) is 0. The van der Waals surface area contributed by atoms with E-state index in [4.69, 9.17) is 18.9 Å². The van der Waals surface area contributed by atoms with E-state index in [1.807, 2.05) is 0 Å². The van der Waals surface area contributed by atoms with Gasteiger partial charge in [0, 0.05) is 37.1 Å². The van der Waals surface area contributed by atoms with E-state index >= 15 is 0 Å². The van der Waals surface area contributed by atoms with Crippen LogP contribution in [-0.2, 0) is 18.9 Å². The molecule has 2 saturated heterocycles. The Bertz CT molecular complexity index is 1370. The van der Waals surface area contributed by atoms with Crippen LogP contribution in [0.25, 0.3) is 0 Å². The van der Waals surface area contributed by atoms with Gasteiger partial charge in [-0.15, -0.1) is 0 Å². The van der Waals surface area contributed by atoms with E-state index in [1.165, 1.54) is 0 Å². The van der Waals surface area contributed by atoms with Crippen molar-refractivity contribution in [2.45, 2.75) is 43.7 Å². The highest BCUT2D eigenvalue weighted by Gasteiger charge is 2.50. The van der Waals surface area contributed by atoms with Gasteiger partial charge in [-0.2, -0.15) is 0 Å². The Morgan fingerprint density at radius 2 is 1.17 bits per heavy atom. The van der Waals surface area contributed by atoms with Gasteiger partial charge in [-0.1, -0.05) is 0 Å². The molecule has 2 aliphatic heterocycles. The van der Waals surface area contributed by atoms with Crippen molar-refractivity contribution in [3.8, 4) is 0 Å². The maximum atomic E-state index is 13.0. The first kappa shape index (κ1) is 28.9. The summed E-state index contributed by atoms with van der Waals surface area (Å²) in [6.45, 7) is -0.0166. The highest BCUT2D eigenvalue weighted by atomic mass is 16.7. The van der Waals surface area contributed by atoms with E-state index in [9.17, 15) is 50.0 Å². The molecule has 4 rings (SSSR count). The molecule has 0 unspecified atom stereocenters.